The number of halogens is 3. The molecule has 0 aliphatic carbocycles. The second kappa shape index (κ2) is 7.09. The summed E-state index contributed by atoms with van der Waals surface area (Å²) >= 11 is 12.1. The molecule has 1 amide bonds. The van der Waals surface area contributed by atoms with E-state index in [1.165, 1.54) is 12.1 Å². The summed E-state index contributed by atoms with van der Waals surface area (Å²) in [7, 11) is 0. The van der Waals surface area contributed by atoms with Crippen LogP contribution in [-0.2, 0) is 14.9 Å². The van der Waals surface area contributed by atoms with Crippen LogP contribution in [0, 0.1) is 5.82 Å². The van der Waals surface area contributed by atoms with Crippen molar-refractivity contribution in [2.24, 2.45) is 0 Å². The minimum atomic E-state index is -0.780. The summed E-state index contributed by atoms with van der Waals surface area (Å²) in [6.45, 7) is 0.933. The molecule has 1 fully saturated rings. The maximum absolute atomic E-state index is 13.3. The molecule has 0 atom stereocenters. The van der Waals surface area contributed by atoms with Crippen molar-refractivity contribution in [2.75, 3.05) is 18.5 Å². The van der Waals surface area contributed by atoms with Crippen LogP contribution in [0.1, 0.15) is 18.4 Å². The van der Waals surface area contributed by atoms with E-state index in [4.69, 9.17) is 27.9 Å². The maximum Gasteiger partial charge on any atom is 0.235 e. The summed E-state index contributed by atoms with van der Waals surface area (Å²) in [6.07, 6.45) is 1.03. The van der Waals surface area contributed by atoms with E-state index in [0.29, 0.717) is 41.8 Å². The Balaban J connectivity index is 1.95. The third kappa shape index (κ3) is 3.41. The zero-order valence-corrected chi connectivity index (χ0v) is 14.3. The Bertz CT molecular complexity index is 743. The number of anilines is 1. The van der Waals surface area contributed by atoms with Crippen LogP contribution in [-0.4, -0.2) is 19.1 Å². The Kier molecular flexibility index (Phi) is 5.09. The average Bonchev–Trinajstić information content (AvgIpc) is 2.59. The van der Waals surface area contributed by atoms with Crippen LogP contribution in [0.2, 0.25) is 10.0 Å². The largest absolute Gasteiger partial charge is 0.381 e. The van der Waals surface area contributed by atoms with E-state index in [1.807, 2.05) is 0 Å². The van der Waals surface area contributed by atoms with Crippen molar-refractivity contribution in [3.05, 3.63) is 63.9 Å². The predicted octanol–water partition coefficient (Wildman–Crippen LogP) is 4.82. The number of nitrogens with one attached hydrogen (secondary N) is 1. The predicted molar refractivity (Wildman–Crippen MR) is 93.2 cm³/mol. The van der Waals surface area contributed by atoms with Gasteiger partial charge in [0.25, 0.3) is 0 Å². The van der Waals surface area contributed by atoms with Gasteiger partial charge in [0.05, 0.1) is 16.1 Å². The van der Waals surface area contributed by atoms with Crippen LogP contribution < -0.4 is 5.32 Å². The second-order valence-electron chi connectivity index (χ2n) is 5.78. The standard InChI is InChI=1S/C18H16Cl2FNO2/c19-13-3-6-15(20)16(11-13)22-17(23)18(7-9-24-10-8-18)12-1-4-14(21)5-2-12/h1-6,11H,7-10H2,(H,22,23). The SMILES string of the molecule is O=C(Nc1cc(Cl)ccc1Cl)C1(c2ccc(F)cc2)CCOCC1. The van der Waals surface area contributed by atoms with E-state index in [1.54, 1.807) is 30.3 Å². The Morgan fingerprint density at radius 3 is 2.42 bits per heavy atom. The van der Waals surface area contributed by atoms with Gasteiger partial charge in [-0.1, -0.05) is 35.3 Å². The van der Waals surface area contributed by atoms with E-state index >= 15 is 0 Å². The molecule has 1 aliphatic rings. The molecule has 2 aromatic rings. The van der Waals surface area contributed by atoms with Crippen molar-refractivity contribution in [3.8, 4) is 0 Å². The fourth-order valence-electron chi connectivity index (χ4n) is 2.97. The number of carbonyl (C=O) groups excluding carboxylic acids is 1. The number of amides is 1. The van der Waals surface area contributed by atoms with Crippen LogP contribution in [0.25, 0.3) is 0 Å². The van der Waals surface area contributed by atoms with Gasteiger partial charge in [0.2, 0.25) is 5.91 Å². The number of benzene rings is 2. The lowest BCUT2D eigenvalue weighted by atomic mass is 9.73. The van der Waals surface area contributed by atoms with Gasteiger partial charge in [0, 0.05) is 18.2 Å². The summed E-state index contributed by atoms with van der Waals surface area (Å²) < 4.78 is 18.7. The number of hydrogen-bond acceptors (Lipinski definition) is 2. The summed E-state index contributed by atoms with van der Waals surface area (Å²) in [4.78, 5) is 13.1. The van der Waals surface area contributed by atoms with Crippen molar-refractivity contribution in [1.29, 1.82) is 0 Å². The van der Waals surface area contributed by atoms with E-state index in [-0.39, 0.29) is 11.7 Å². The second-order valence-corrected chi connectivity index (χ2v) is 6.62. The third-order valence-corrected chi connectivity index (χ3v) is 4.92. The van der Waals surface area contributed by atoms with Crippen LogP contribution in [0.15, 0.2) is 42.5 Å². The van der Waals surface area contributed by atoms with Crippen molar-refractivity contribution in [2.45, 2.75) is 18.3 Å². The quantitative estimate of drug-likeness (QED) is 0.844. The molecule has 0 aromatic heterocycles. The minimum Gasteiger partial charge on any atom is -0.381 e. The highest BCUT2D eigenvalue weighted by molar-refractivity contribution is 6.35. The van der Waals surface area contributed by atoms with Gasteiger partial charge in [0.1, 0.15) is 5.82 Å². The van der Waals surface area contributed by atoms with Gasteiger partial charge in [-0.3, -0.25) is 4.79 Å². The molecule has 3 rings (SSSR count). The first-order valence-electron chi connectivity index (χ1n) is 7.61. The molecule has 1 aliphatic heterocycles. The molecule has 126 valence electrons. The fourth-order valence-corrected chi connectivity index (χ4v) is 3.31. The van der Waals surface area contributed by atoms with Crippen molar-refractivity contribution in [1.82, 2.24) is 0 Å². The number of ether oxygens (including phenoxy) is 1. The minimum absolute atomic E-state index is 0.193. The Hall–Kier alpha value is -1.62. The fraction of sp³-hybridized carbons (Fsp3) is 0.278. The van der Waals surface area contributed by atoms with Crippen molar-refractivity contribution >= 4 is 34.8 Å². The highest BCUT2D eigenvalue weighted by atomic mass is 35.5. The smallest absolute Gasteiger partial charge is 0.235 e. The van der Waals surface area contributed by atoms with E-state index in [9.17, 15) is 9.18 Å². The van der Waals surface area contributed by atoms with Gasteiger partial charge in [0.15, 0.2) is 0 Å². The molecule has 0 saturated carbocycles. The summed E-state index contributed by atoms with van der Waals surface area (Å²) in [5.74, 6) is -0.527. The Morgan fingerprint density at radius 1 is 1.08 bits per heavy atom. The molecular formula is C18H16Cl2FNO2. The van der Waals surface area contributed by atoms with Gasteiger partial charge < -0.3 is 10.1 Å². The van der Waals surface area contributed by atoms with Crippen LogP contribution >= 0.6 is 23.2 Å². The molecule has 3 nitrogen and oxygen atoms in total. The molecule has 2 aromatic carbocycles. The third-order valence-electron chi connectivity index (χ3n) is 4.35. The monoisotopic (exact) mass is 367 g/mol. The molecule has 1 saturated heterocycles. The molecule has 1 N–H and O–H groups in total. The Labute approximate surface area is 149 Å². The highest BCUT2D eigenvalue weighted by Gasteiger charge is 2.41. The van der Waals surface area contributed by atoms with Crippen LogP contribution in [0.4, 0.5) is 10.1 Å². The Morgan fingerprint density at radius 2 is 1.75 bits per heavy atom. The van der Waals surface area contributed by atoms with E-state index in [0.717, 1.165) is 5.56 Å². The first-order valence-corrected chi connectivity index (χ1v) is 8.37. The van der Waals surface area contributed by atoms with Gasteiger partial charge in [-0.2, -0.15) is 0 Å². The highest BCUT2D eigenvalue weighted by Crippen LogP contribution is 2.37. The van der Waals surface area contributed by atoms with Crippen molar-refractivity contribution in [3.63, 3.8) is 0 Å². The van der Waals surface area contributed by atoms with Crippen LogP contribution in [0.3, 0.4) is 0 Å². The van der Waals surface area contributed by atoms with Gasteiger partial charge in [-0.25, -0.2) is 4.39 Å². The molecule has 0 unspecified atom stereocenters. The maximum atomic E-state index is 13.3. The first kappa shape index (κ1) is 17.2. The number of carbonyl (C=O) groups is 1. The zero-order chi connectivity index (χ0) is 17.2. The van der Waals surface area contributed by atoms with Gasteiger partial charge >= 0.3 is 0 Å². The molecule has 0 radical (unpaired) electrons. The van der Waals surface area contributed by atoms with Gasteiger partial charge in [-0.05, 0) is 48.7 Å². The topological polar surface area (TPSA) is 38.3 Å². The number of rotatable bonds is 3. The summed E-state index contributed by atoms with van der Waals surface area (Å²) in [6, 6.07) is 10.9. The molecule has 0 bridgehead atoms. The van der Waals surface area contributed by atoms with Crippen LogP contribution in [0.5, 0.6) is 0 Å². The lowest BCUT2D eigenvalue weighted by Crippen LogP contribution is -2.44. The molecular weight excluding hydrogens is 352 g/mol. The van der Waals surface area contributed by atoms with E-state index in [2.05, 4.69) is 5.32 Å². The molecule has 0 spiro atoms. The van der Waals surface area contributed by atoms with Crippen molar-refractivity contribution < 1.29 is 13.9 Å². The zero-order valence-electron chi connectivity index (χ0n) is 12.8. The lowest BCUT2D eigenvalue weighted by molar-refractivity contribution is -0.125. The molecule has 24 heavy (non-hydrogen) atoms. The van der Waals surface area contributed by atoms with E-state index < -0.39 is 5.41 Å². The molecule has 6 heteroatoms. The average molecular weight is 368 g/mol. The number of hydrogen-bond donors (Lipinski definition) is 1. The summed E-state index contributed by atoms with van der Waals surface area (Å²) in [5.41, 5.74) is 0.447. The normalized spacial score (nSPS) is 16.6. The first-order chi connectivity index (χ1) is 11.5. The summed E-state index contributed by atoms with van der Waals surface area (Å²) in [5, 5.41) is 3.77. The molecule has 1 heterocycles. The van der Waals surface area contributed by atoms with Gasteiger partial charge in [-0.15, -0.1) is 0 Å². The lowest BCUT2D eigenvalue weighted by Gasteiger charge is -2.36.